The first-order chi connectivity index (χ1) is 63.3. The van der Waals surface area contributed by atoms with E-state index in [1.165, 1.54) is 60.8 Å². The first kappa shape index (κ1) is 111. The van der Waals surface area contributed by atoms with Gasteiger partial charge in [-0.2, -0.15) is 0 Å². The Morgan fingerprint density at radius 1 is 0.485 bits per heavy atom. The zero-order valence-corrected chi connectivity index (χ0v) is 86.9. The van der Waals surface area contributed by atoms with Gasteiger partial charge >= 0.3 is 28.3 Å². The van der Waals surface area contributed by atoms with Crippen molar-refractivity contribution in [3.05, 3.63) is 125 Å². The van der Waals surface area contributed by atoms with Crippen LogP contribution in [0, 0.1) is 57.7 Å². The molecule has 3 saturated heterocycles. The van der Waals surface area contributed by atoms with Gasteiger partial charge in [-0.15, -0.1) is 4.79 Å². The lowest BCUT2D eigenvalue weighted by molar-refractivity contribution is -0.225. The van der Waals surface area contributed by atoms with Crippen molar-refractivity contribution >= 4 is 47.9 Å². The van der Waals surface area contributed by atoms with Crippen molar-refractivity contribution in [1.29, 1.82) is 0 Å². The number of hydrogen-bond acceptors (Lipinski definition) is 21. The molecule has 3 aliphatic heterocycles. The fourth-order valence-corrected chi connectivity index (χ4v) is 26.1. The predicted molar refractivity (Wildman–Crippen MR) is 525 cm³/mol. The number of esters is 4. The van der Waals surface area contributed by atoms with Crippen LogP contribution in [-0.4, -0.2) is 144 Å². The molecule has 0 amide bonds. The number of phenolic OH excluding ortho intramolecular Hbond substituents is 1. The van der Waals surface area contributed by atoms with Gasteiger partial charge in [0, 0.05) is 19.4 Å². The highest BCUT2D eigenvalue weighted by atomic mass is 32.3. The molecule has 14 unspecified atom stereocenters. The lowest BCUT2D eigenvalue weighted by Gasteiger charge is -2.59. The molecule has 25 heteroatoms. The summed E-state index contributed by atoms with van der Waals surface area (Å²) in [6.45, 7) is 46.1. The first-order valence-electron chi connectivity index (χ1n) is 51.2. The minimum atomic E-state index is -4.07. The van der Waals surface area contributed by atoms with E-state index in [-0.39, 0.29) is 71.7 Å². The molecule has 4 aromatic rings. The molecule has 752 valence electrons. The van der Waals surface area contributed by atoms with Gasteiger partial charge < -0.3 is 67.8 Å². The monoisotopic (exact) mass is 1910 g/mol. The largest absolute Gasteiger partial charge is 0.508 e. The van der Waals surface area contributed by atoms with E-state index in [9.17, 15) is 41.1 Å². The van der Waals surface area contributed by atoms with E-state index >= 15 is 0 Å². The minimum absolute atomic E-state index is 0.0185. The lowest BCUT2D eigenvalue weighted by Crippen LogP contribution is -2.61. The van der Waals surface area contributed by atoms with Gasteiger partial charge in [0.25, 0.3) is 19.7 Å². The van der Waals surface area contributed by atoms with Crippen LogP contribution in [0.3, 0.4) is 0 Å². The Kier molecular flexibility index (Phi) is 40.7. The third kappa shape index (κ3) is 29.1. The molecule has 17 rings (SSSR count). The molecule has 10 aliphatic carbocycles. The number of fused-ring (bicyclic) bond motifs is 1. The van der Waals surface area contributed by atoms with E-state index < -0.39 is 75.8 Å². The van der Waals surface area contributed by atoms with Crippen molar-refractivity contribution < 1.29 is 103 Å². The Balaban J connectivity index is 0.000000178. The van der Waals surface area contributed by atoms with Gasteiger partial charge in [-0.3, -0.25) is 19.2 Å². The maximum atomic E-state index is 12.5. The average Bonchev–Trinajstić information content (AvgIpc) is 1.26. The van der Waals surface area contributed by atoms with E-state index in [0.717, 1.165) is 138 Å². The maximum absolute atomic E-state index is 12.5. The molecular formula is C109H168N2O21S2. The predicted octanol–water partition coefficient (Wildman–Crippen LogP) is 24.5. The standard InChI is InChI=1S/C25H36O4.C17H28O2.C16H26O3.C15H24O2.C13H22N2O4S2.C13H18O5.C10H14O/c1-7-18(3)22-9-13-24(14-10-22)28-20(5)26-17-27-21(6)29-25-15-11-23(12-16-25)19(4)8-2;1-5-16(2,3)15(18)19-17(4)13-7-11-6-12(9-13)10-14(17)8-11;1-4-14(2,3)13(17)19-16-8-11-5-12(9-16)7-15(18,6-11)10-16;1-5-12(4)13-8-10-14(11-9-13)17-15(6-2)16-7-3;14-15-13(20(16,17)11-7-3-1-4-8-11)21(18,19)12-9-5-2-6-10-12;1-4-13(2,3)12(15)18-9-7-5-6-8(16-7)10(9)17-11(6)14;1-3-8(2)9-4-6-10(11)7-5-9/h9-16,18-21H,7-8,17H2,1-6H3;11-14H,5-10H2,1-4H3;11-12,18H,4-10H2,1-3H3;8-12,15H,5-7H2,1-4H3;11-12H,1-10H2;6-10H,4-5H2,1-3H3;4-8,11H,3H2,1-2H3. The number of hydrogen-bond donors (Lipinski definition) is 2. The summed E-state index contributed by atoms with van der Waals surface area (Å²) >= 11 is 0. The second kappa shape index (κ2) is 49.2. The first-order valence-corrected chi connectivity index (χ1v) is 54.3. The Morgan fingerprint density at radius 3 is 1.24 bits per heavy atom. The SMILES string of the molecule is CCC(C)(C)C(=O)OC1(C)C2CC3CC(C2)CC1C3.CCC(C)(C)C(=O)OC12CC3CC(CC(O)(C3)C1)C2.CCC(C)(C)C(=O)OC1C2CC3C(=O)OC1C3O2.CCC(C)c1ccc(O)cc1.CCC(C)c1ccc(OC(C)OCOC(C)Oc2ccc(C(C)CC)cc2)cc1.CCOC(CC)Oc1ccc(C(C)CC)cc1.[N-]=[N+]=C(S(=O)(=O)C1CCCCC1)S(=O)(=O)C1CCCCC1. The quantitative estimate of drug-likeness (QED) is 0.00872. The van der Waals surface area contributed by atoms with Crippen LogP contribution in [0.15, 0.2) is 97.1 Å². The summed E-state index contributed by atoms with van der Waals surface area (Å²) in [7, 11) is -8.14. The van der Waals surface area contributed by atoms with Crippen LogP contribution in [0.1, 0.15) is 391 Å². The zero-order chi connectivity index (χ0) is 98.5. The van der Waals surface area contributed by atoms with E-state index in [0.29, 0.717) is 105 Å². The van der Waals surface area contributed by atoms with Crippen molar-refractivity contribution in [2.45, 2.75) is 439 Å². The Labute approximate surface area is 804 Å². The van der Waals surface area contributed by atoms with Crippen LogP contribution in [-0.2, 0) is 76.7 Å². The summed E-state index contributed by atoms with van der Waals surface area (Å²) in [5, 5.41) is 18.2. The summed E-state index contributed by atoms with van der Waals surface area (Å²) in [4.78, 5) is 51.2. The average molecular weight is 1910 g/mol. The minimum Gasteiger partial charge on any atom is -0.508 e. The highest BCUT2D eigenvalue weighted by molar-refractivity contribution is 8.31. The summed E-state index contributed by atoms with van der Waals surface area (Å²) in [6, 6.07) is 32.1. The molecule has 23 nitrogen and oxygen atoms in total. The molecule has 0 aromatic heterocycles. The van der Waals surface area contributed by atoms with Crippen LogP contribution in [0.4, 0.5) is 0 Å². The van der Waals surface area contributed by atoms with Crippen LogP contribution >= 0.6 is 0 Å². The smallest absolute Gasteiger partial charge is 0.495 e. The molecule has 13 aliphatic rings. The molecule has 2 N–H and O–H groups in total. The van der Waals surface area contributed by atoms with Crippen molar-refractivity contribution in [1.82, 2.24) is 0 Å². The Morgan fingerprint density at radius 2 is 0.866 bits per heavy atom. The van der Waals surface area contributed by atoms with Crippen molar-refractivity contribution in [3.8, 4) is 23.0 Å². The number of aliphatic hydroxyl groups is 1. The van der Waals surface area contributed by atoms with E-state index in [1.807, 2.05) is 125 Å². The number of benzene rings is 4. The number of sulfone groups is 2. The highest BCUT2D eigenvalue weighted by Gasteiger charge is 2.66. The summed E-state index contributed by atoms with van der Waals surface area (Å²) in [6.07, 6.45) is 25.3. The maximum Gasteiger partial charge on any atom is 0.495 e. The lowest BCUT2D eigenvalue weighted by atomic mass is 9.50. The molecule has 0 radical (unpaired) electrons. The molecule has 134 heavy (non-hydrogen) atoms. The van der Waals surface area contributed by atoms with Crippen molar-refractivity contribution in [2.75, 3.05) is 13.4 Å². The molecule has 0 spiro atoms. The molecular weight excluding hydrogens is 1740 g/mol. The van der Waals surface area contributed by atoms with Crippen LogP contribution in [0.2, 0.25) is 0 Å². The van der Waals surface area contributed by atoms with Crippen LogP contribution < -0.4 is 14.2 Å². The molecule has 10 bridgehead atoms. The van der Waals surface area contributed by atoms with Crippen molar-refractivity contribution in [2.24, 2.45) is 57.7 Å². The Hall–Kier alpha value is -6.96. The van der Waals surface area contributed by atoms with E-state index in [2.05, 4.69) is 117 Å². The number of rotatable bonds is 32. The van der Waals surface area contributed by atoms with Gasteiger partial charge in [-0.1, -0.05) is 170 Å². The summed E-state index contributed by atoms with van der Waals surface area (Å²) < 4.78 is 112. The molecule has 4 aromatic carbocycles. The summed E-state index contributed by atoms with van der Waals surface area (Å²) in [5.41, 5.74) is 12.0. The Bertz CT molecular complexity index is 4480. The van der Waals surface area contributed by atoms with Gasteiger partial charge in [0.1, 0.15) is 40.3 Å². The normalized spacial score (nSPS) is 27.9. The van der Waals surface area contributed by atoms with Gasteiger partial charge in [0.2, 0.25) is 0 Å². The zero-order valence-electron chi connectivity index (χ0n) is 85.3. The number of nitrogens with zero attached hydrogens (tertiary/aromatic N) is 2. The molecule has 13 fully saturated rings. The van der Waals surface area contributed by atoms with Gasteiger partial charge in [-0.05, 0) is 340 Å². The fourth-order valence-electron chi connectivity index (χ4n) is 21.2. The van der Waals surface area contributed by atoms with Crippen molar-refractivity contribution in [3.63, 3.8) is 0 Å². The molecule has 14 atom stereocenters. The summed E-state index contributed by atoms with van der Waals surface area (Å²) in [5.74, 6) is 8.67. The van der Waals surface area contributed by atoms with E-state index in [1.54, 1.807) is 12.1 Å². The second-order valence-corrected chi connectivity index (χ2v) is 47.4. The van der Waals surface area contributed by atoms with Crippen LogP contribution in [0.5, 0.6) is 23.0 Å². The number of aromatic hydroxyl groups is 1. The number of ether oxygens (including phenoxy) is 11. The third-order valence-electron chi connectivity index (χ3n) is 31.7. The van der Waals surface area contributed by atoms with Gasteiger partial charge in [-0.25, -0.2) is 16.8 Å². The van der Waals surface area contributed by atoms with Gasteiger partial charge in [0.15, 0.2) is 37.9 Å². The highest BCUT2D eigenvalue weighted by Crippen LogP contribution is 2.61. The van der Waals surface area contributed by atoms with E-state index in [4.69, 9.17) is 62.7 Å². The number of carbonyl (C=O) groups is 4. The van der Waals surface area contributed by atoms with Gasteiger partial charge in [0.05, 0.1) is 44.4 Å². The molecule has 10 saturated carbocycles. The second-order valence-electron chi connectivity index (χ2n) is 42.8. The number of phenols is 1. The topological polar surface area (TPSA) is 315 Å². The third-order valence-corrected chi connectivity index (χ3v) is 36.9. The molecule has 3 heterocycles. The van der Waals surface area contributed by atoms with Crippen LogP contribution in [0.25, 0.3) is 5.53 Å². The number of carbonyl (C=O) groups excluding carboxylic acids is 4. The fraction of sp³-hybridized carbons (Fsp3) is 0.734.